The average molecular weight is 304 g/mol. The van der Waals surface area contributed by atoms with Gasteiger partial charge in [0.25, 0.3) is 5.91 Å². The van der Waals surface area contributed by atoms with E-state index in [4.69, 9.17) is 0 Å². The predicted molar refractivity (Wildman–Crippen MR) is 92.1 cm³/mol. The highest BCUT2D eigenvalue weighted by atomic mass is 16.1. The van der Waals surface area contributed by atoms with Crippen LogP contribution in [0.1, 0.15) is 50.0 Å². The average Bonchev–Trinajstić information content (AvgIpc) is 2.51. The molecule has 1 rings (SSSR count). The van der Waals surface area contributed by atoms with E-state index in [0.29, 0.717) is 18.2 Å². The maximum Gasteiger partial charge on any atom is 0.251 e. The van der Waals surface area contributed by atoms with Crippen LogP contribution in [0.5, 0.6) is 0 Å². The van der Waals surface area contributed by atoms with Crippen molar-refractivity contribution in [3.05, 3.63) is 35.4 Å². The number of aliphatic imine (C=N–C) groups is 1. The Bertz CT molecular complexity index is 494. The molecule has 22 heavy (non-hydrogen) atoms. The van der Waals surface area contributed by atoms with Gasteiger partial charge in [-0.15, -0.1) is 0 Å². The molecule has 1 atom stereocenters. The third kappa shape index (κ3) is 6.16. The van der Waals surface area contributed by atoms with Crippen LogP contribution in [0.15, 0.2) is 29.3 Å². The second kappa shape index (κ2) is 9.07. The molecule has 0 bridgehead atoms. The summed E-state index contributed by atoms with van der Waals surface area (Å²) in [7, 11) is 1.75. The standard InChI is InChI=1S/C17H28N4O/c1-6-13(4)21-16(22)15-9-7-14(8-10-15)11-19-17(18-5)20-12(2)3/h7-10,12-13H,6,11H2,1-5H3,(H,21,22)(H2,18,19,20). The van der Waals surface area contributed by atoms with Crippen molar-refractivity contribution in [2.75, 3.05) is 7.05 Å². The molecule has 3 N–H and O–H groups in total. The lowest BCUT2D eigenvalue weighted by atomic mass is 10.1. The van der Waals surface area contributed by atoms with Gasteiger partial charge in [-0.2, -0.15) is 0 Å². The van der Waals surface area contributed by atoms with Crippen molar-refractivity contribution in [2.24, 2.45) is 4.99 Å². The normalized spacial score (nSPS) is 12.9. The minimum Gasteiger partial charge on any atom is -0.354 e. The van der Waals surface area contributed by atoms with Crippen molar-refractivity contribution >= 4 is 11.9 Å². The fourth-order valence-corrected chi connectivity index (χ4v) is 1.84. The Labute approximate surface area is 133 Å². The minimum absolute atomic E-state index is 0.0221. The zero-order chi connectivity index (χ0) is 16.5. The van der Waals surface area contributed by atoms with E-state index in [1.807, 2.05) is 31.2 Å². The fourth-order valence-electron chi connectivity index (χ4n) is 1.84. The Morgan fingerprint density at radius 3 is 2.27 bits per heavy atom. The molecule has 0 fully saturated rings. The van der Waals surface area contributed by atoms with Gasteiger partial charge in [0.15, 0.2) is 5.96 Å². The number of rotatable bonds is 6. The Morgan fingerprint density at radius 1 is 1.14 bits per heavy atom. The summed E-state index contributed by atoms with van der Waals surface area (Å²) in [5.41, 5.74) is 1.79. The second-order valence-electron chi connectivity index (χ2n) is 5.70. The maximum atomic E-state index is 12.0. The van der Waals surface area contributed by atoms with E-state index in [1.54, 1.807) is 7.05 Å². The highest BCUT2D eigenvalue weighted by Crippen LogP contribution is 2.05. The third-order valence-electron chi connectivity index (χ3n) is 3.31. The zero-order valence-corrected chi connectivity index (χ0v) is 14.2. The molecule has 0 aliphatic heterocycles. The van der Waals surface area contributed by atoms with Gasteiger partial charge in [-0.05, 0) is 44.9 Å². The lowest BCUT2D eigenvalue weighted by Crippen LogP contribution is -2.40. The quantitative estimate of drug-likeness (QED) is 0.558. The Morgan fingerprint density at radius 2 is 1.77 bits per heavy atom. The first-order chi connectivity index (χ1) is 10.5. The number of nitrogens with one attached hydrogen (secondary N) is 3. The second-order valence-corrected chi connectivity index (χ2v) is 5.70. The number of hydrogen-bond acceptors (Lipinski definition) is 2. The SMILES string of the molecule is CCC(C)NC(=O)c1ccc(CNC(=NC)NC(C)C)cc1. The van der Waals surface area contributed by atoms with Gasteiger partial charge < -0.3 is 16.0 Å². The molecule has 0 aliphatic carbocycles. The molecule has 1 unspecified atom stereocenters. The van der Waals surface area contributed by atoms with Gasteiger partial charge in [0, 0.05) is 31.2 Å². The number of amides is 1. The van der Waals surface area contributed by atoms with Crippen molar-refractivity contribution in [3.63, 3.8) is 0 Å². The van der Waals surface area contributed by atoms with E-state index in [9.17, 15) is 4.79 Å². The van der Waals surface area contributed by atoms with Crippen LogP contribution in [0, 0.1) is 0 Å². The molecule has 0 radical (unpaired) electrons. The van der Waals surface area contributed by atoms with Gasteiger partial charge in [-0.1, -0.05) is 19.1 Å². The first-order valence-corrected chi connectivity index (χ1v) is 7.83. The summed E-state index contributed by atoms with van der Waals surface area (Å²) in [6, 6.07) is 8.15. The molecule has 0 aliphatic rings. The van der Waals surface area contributed by atoms with Crippen molar-refractivity contribution in [1.29, 1.82) is 0 Å². The summed E-state index contributed by atoms with van der Waals surface area (Å²) in [6.07, 6.45) is 0.926. The van der Waals surface area contributed by atoms with E-state index in [2.05, 4.69) is 41.7 Å². The lowest BCUT2D eigenvalue weighted by Gasteiger charge is -2.15. The van der Waals surface area contributed by atoms with Gasteiger partial charge in [-0.3, -0.25) is 9.79 Å². The smallest absolute Gasteiger partial charge is 0.251 e. The monoisotopic (exact) mass is 304 g/mol. The largest absolute Gasteiger partial charge is 0.354 e. The van der Waals surface area contributed by atoms with Crippen LogP contribution in [0.25, 0.3) is 0 Å². The third-order valence-corrected chi connectivity index (χ3v) is 3.31. The molecule has 1 aromatic carbocycles. The minimum atomic E-state index is -0.0221. The highest BCUT2D eigenvalue weighted by Gasteiger charge is 2.08. The topological polar surface area (TPSA) is 65.5 Å². The predicted octanol–water partition coefficient (Wildman–Crippen LogP) is 2.29. The summed E-state index contributed by atoms with van der Waals surface area (Å²) >= 11 is 0. The first-order valence-electron chi connectivity index (χ1n) is 7.83. The van der Waals surface area contributed by atoms with Gasteiger partial charge in [-0.25, -0.2) is 0 Å². The van der Waals surface area contributed by atoms with Crippen LogP contribution in [0.4, 0.5) is 0 Å². The first kappa shape index (κ1) is 18.0. The summed E-state index contributed by atoms with van der Waals surface area (Å²) in [5, 5.41) is 9.44. The molecule has 0 heterocycles. The van der Waals surface area contributed by atoms with Gasteiger partial charge in [0.1, 0.15) is 0 Å². The van der Waals surface area contributed by atoms with E-state index < -0.39 is 0 Å². The van der Waals surface area contributed by atoms with Crippen molar-refractivity contribution in [2.45, 2.75) is 52.7 Å². The number of guanidine groups is 1. The number of benzene rings is 1. The zero-order valence-electron chi connectivity index (χ0n) is 14.2. The van der Waals surface area contributed by atoms with Crippen LogP contribution < -0.4 is 16.0 Å². The van der Waals surface area contributed by atoms with E-state index >= 15 is 0 Å². The van der Waals surface area contributed by atoms with Gasteiger partial charge in [0.2, 0.25) is 0 Å². The molecule has 0 spiro atoms. The van der Waals surface area contributed by atoms with E-state index in [-0.39, 0.29) is 11.9 Å². The summed E-state index contributed by atoms with van der Waals surface area (Å²) < 4.78 is 0. The maximum absolute atomic E-state index is 12.0. The molecular formula is C17H28N4O. The number of nitrogens with zero attached hydrogens (tertiary/aromatic N) is 1. The van der Waals surface area contributed by atoms with E-state index in [1.165, 1.54) is 0 Å². The Kier molecular flexibility index (Phi) is 7.43. The van der Waals surface area contributed by atoms with Crippen LogP contribution in [-0.4, -0.2) is 31.0 Å². The number of hydrogen-bond donors (Lipinski definition) is 3. The van der Waals surface area contributed by atoms with Crippen LogP contribution in [0.3, 0.4) is 0 Å². The number of carbonyl (C=O) groups is 1. The Hall–Kier alpha value is -2.04. The molecule has 1 amide bonds. The van der Waals surface area contributed by atoms with Gasteiger partial charge in [0.05, 0.1) is 0 Å². The van der Waals surface area contributed by atoms with Crippen molar-refractivity contribution in [3.8, 4) is 0 Å². The van der Waals surface area contributed by atoms with Crippen LogP contribution in [-0.2, 0) is 6.54 Å². The molecule has 5 heteroatoms. The van der Waals surface area contributed by atoms with Gasteiger partial charge >= 0.3 is 0 Å². The van der Waals surface area contributed by atoms with E-state index in [0.717, 1.165) is 17.9 Å². The molecule has 5 nitrogen and oxygen atoms in total. The fraction of sp³-hybridized carbons (Fsp3) is 0.529. The number of carbonyl (C=O) groups excluding carboxylic acids is 1. The molecule has 0 saturated heterocycles. The summed E-state index contributed by atoms with van der Waals surface area (Å²) in [4.78, 5) is 16.2. The Balaban J connectivity index is 2.56. The van der Waals surface area contributed by atoms with Crippen molar-refractivity contribution < 1.29 is 4.79 Å². The van der Waals surface area contributed by atoms with Crippen LogP contribution >= 0.6 is 0 Å². The molecule has 0 saturated carbocycles. The summed E-state index contributed by atoms with van der Waals surface area (Å²) in [5.74, 6) is 0.750. The van der Waals surface area contributed by atoms with Crippen LogP contribution in [0.2, 0.25) is 0 Å². The molecule has 1 aromatic rings. The molecule has 0 aromatic heterocycles. The lowest BCUT2D eigenvalue weighted by molar-refractivity contribution is 0.0939. The summed E-state index contributed by atoms with van der Waals surface area (Å²) in [6.45, 7) is 8.86. The van der Waals surface area contributed by atoms with Crippen molar-refractivity contribution in [1.82, 2.24) is 16.0 Å². The highest BCUT2D eigenvalue weighted by molar-refractivity contribution is 5.94. The molecule has 122 valence electrons. The molecular weight excluding hydrogens is 276 g/mol.